The minimum atomic E-state index is -0.340. The van der Waals surface area contributed by atoms with Crippen LogP contribution in [-0.4, -0.2) is 40.2 Å². The van der Waals surface area contributed by atoms with Crippen LogP contribution >= 0.6 is 11.3 Å². The first-order chi connectivity index (χ1) is 15.3. The van der Waals surface area contributed by atoms with Crippen molar-refractivity contribution in [2.45, 2.75) is 33.2 Å². The van der Waals surface area contributed by atoms with Gasteiger partial charge in [-0.15, -0.1) is 11.3 Å². The molecule has 2 N–H and O–H groups in total. The van der Waals surface area contributed by atoms with Gasteiger partial charge in [0.15, 0.2) is 5.13 Å². The highest BCUT2D eigenvalue weighted by atomic mass is 32.1. The van der Waals surface area contributed by atoms with Gasteiger partial charge in [-0.3, -0.25) is 14.4 Å². The SMILES string of the molecule is Cc1ccc(NC(=O)Cc2csc(NC(=O)CN(C(=O)c3ccccc3)C(C)C)n2)cc1. The van der Waals surface area contributed by atoms with E-state index in [-0.39, 0.29) is 36.7 Å². The highest BCUT2D eigenvalue weighted by molar-refractivity contribution is 7.13. The van der Waals surface area contributed by atoms with E-state index in [4.69, 9.17) is 0 Å². The lowest BCUT2D eigenvalue weighted by Gasteiger charge is -2.26. The summed E-state index contributed by atoms with van der Waals surface area (Å²) in [6.45, 7) is 5.62. The first kappa shape index (κ1) is 23.1. The standard InChI is InChI=1S/C24H26N4O3S/c1-16(2)28(23(31)18-7-5-4-6-8-18)14-22(30)27-24-26-20(15-32-24)13-21(29)25-19-11-9-17(3)10-12-19/h4-12,15-16H,13-14H2,1-3H3,(H,25,29)(H,26,27,30). The fraction of sp³-hybridized carbons (Fsp3) is 0.250. The first-order valence-corrected chi connectivity index (χ1v) is 11.2. The average molecular weight is 451 g/mol. The van der Waals surface area contributed by atoms with Gasteiger partial charge in [0.2, 0.25) is 11.8 Å². The number of aryl methyl sites for hydroxylation is 1. The van der Waals surface area contributed by atoms with Crippen molar-refractivity contribution >= 4 is 39.9 Å². The number of nitrogens with zero attached hydrogens (tertiary/aromatic N) is 2. The molecule has 0 saturated carbocycles. The van der Waals surface area contributed by atoms with Crippen molar-refractivity contribution in [1.82, 2.24) is 9.88 Å². The van der Waals surface area contributed by atoms with Gasteiger partial charge in [0.25, 0.3) is 5.91 Å². The van der Waals surface area contributed by atoms with Crippen molar-refractivity contribution in [2.24, 2.45) is 0 Å². The normalized spacial score (nSPS) is 10.6. The maximum absolute atomic E-state index is 12.8. The number of carbonyl (C=O) groups is 3. The predicted octanol–water partition coefficient (Wildman–Crippen LogP) is 4.12. The maximum atomic E-state index is 12.8. The van der Waals surface area contributed by atoms with Gasteiger partial charge in [-0.25, -0.2) is 4.98 Å². The third-order valence-corrected chi connectivity index (χ3v) is 5.50. The Bertz CT molecular complexity index is 1080. The van der Waals surface area contributed by atoms with Gasteiger partial charge >= 0.3 is 0 Å². The number of thiazole rings is 1. The molecule has 3 aromatic rings. The Hall–Kier alpha value is -3.52. The monoisotopic (exact) mass is 450 g/mol. The Morgan fingerprint density at radius 3 is 2.31 bits per heavy atom. The van der Waals surface area contributed by atoms with E-state index >= 15 is 0 Å². The van der Waals surface area contributed by atoms with Crippen molar-refractivity contribution < 1.29 is 14.4 Å². The molecule has 1 aromatic heterocycles. The summed E-state index contributed by atoms with van der Waals surface area (Å²) in [5, 5.41) is 7.68. The van der Waals surface area contributed by atoms with Crippen LogP contribution in [0.3, 0.4) is 0 Å². The Balaban J connectivity index is 1.55. The molecule has 0 unspecified atom stereocenters. The van der Waals surface area contributed by atoms with E-state index in [1.54, 1.807) is 29.6 Å². The Morgan fingerprint density at radius 1 is 0.969 bits per heavy atom. The summed E-state index contributed by atoms with van der Waals surface area (Å²) < 4.78 is 0. The topological polar surface area (TPSA) is 91.4 Å². The van der Waals surface area contributed by atoms with Crippen molar-refractivity contribution in [2.75, 3.05) is 17.2 Å². The van der Waals surface area contributed by atoms with Gasteiger partial charge < -0.3 is 15.5 Å². The second-order valence-corrected chi connectivity index (χ2v) is 8.53. The molecule has 0 spiro atoms. The molecule has 166 valence electrons. The minimum Gasteiger partial charge on any atom is -0.327 e. The third kappa shape index (κ3) is 6.49. The van der Waals surface area contributed by atoms with E-state index in [2.05, 4.69) is 15.6 Å². The van der Waals surface area contributed by atoms with Crippen LogP contribution in [0.2, 0.25) is 0 Å². The molecule has 1 heterocycles. The van der Waals surface area contributed by atoms with Gasteiger partial charge in [0.05, 0.1) is 12.1 Å². The van der Waals surface area contributed by atoms with E-state index in [9.17, 15) is 14.4 Å². The number of nitrogens with one attached hydrogen (secondary N) is 2. The number of amides is 3. The quantitative estimate of drug-likeness (QED) is 0.540. The molecule has 3 amide bonds. The van der Waals surface area contributed by atoms with Crippen LogP contribution in [0.5, 0.6) is 0 Å². The number of aromatic nitrogens is 1. The van der Waals surface area contributed by atoms with Crippen LogP contribution in [-0.2, 0) is 16.0 Å². The van der Waals surface area contributed by atoms with Crippen LogP contribution < -0.4 is 10.6 Å². The predicted molar refractivity (Wildman–Crippen MR) is 127 cm³/mol. The molecule has 0 radical (unpaired) electrons. The second-order valence-electron chi connectivity index (χ2n) is 7.68. The zero-order valence-electron chi connectivity index (χ0n) is 18.3. The number of anilines is 2. The minimum absolute atomic E-state index is 0.0891. The molecule has 8 heteroatoms. The molecule has 0 aliphatic carbocycles. The Labute approximate surface area is 191 Å². The van der Waals surface area contributed by atoms with Crippen LogP contribution in [0.25, 0.3) is 0 Å². The summed E-state index contributed by atoms with van der Waals surface area (Å²) in [5.41, 5.74) is 2.94. The summed E-state index contributed by atoms with van der Waals surface area (Å²) in [6, 6.07) is 16.3. The van der Waals surface area contributed by atoms with E-state index in [1.807, 2.05) is 51.1 Å². The third-order valence-electron chi connectivity index (χ3n) is 4.69. The van der Waals surface area contributed by atoms with E-state index in [0.717, 1.165) is 11.3 Å². The number of benzene rings is 2. The molecule has 0 aliphatic rings. The number of hydrogen-bond acceptors (Lipinski definition) is 5. The molecule has 0 atom stereocenters. The van der Waals surface area contributed by atoms with Crippen molar-refractivity contribution in [3.05, 3.63) is 76.8 Å². The van der Waals surface area contributed by atoms with Gasteiger partial charge in [0, 0.05) is 22.7 Å². The largest absolute Gasteiger partial charge is 0.327 e. The molecule has 0 aliphatic heterocycles. The van der Waals surface area contributed by atoms with Crippen molar-refractivity contribution in [1.29, 1.82) is 0 Å². The van der Waals surface area contributed by atoms with Crippen LogP contribution in [0.1, 0.15) is 35.5 Å². The zero-order chi connectivity index (χ0) is 23.1. The van der Waals surface area contributed by atoms with E-state index in [0.29, 0.717) is 16.4 Å². The molecule has 7 nitrogen and oxygen atoms in total. The number of hydrogen-bond donors (Lipinski definition) is 2. The zero-order valence-corrected chi connectivity index (χ0v) is 19.1. The average Bonchev–Trinajstić information content (AvgIpc) is 3.20. The lowest BCUT2D eigenvalue weighted by Crippen LogP contribution is -2.42. The van der Waals surface area contributed by atoms with E-state index in [1.165, 1.54) is 16.2 Å². The molecule has 32 heavy (non-hydrogen) atoms. The van der Waals surface area contributed by atoms with Gasteiger partial charge in [0.1, 0.15) is 6.54 Å². The molecular weight excluding hydrogens is 424 g/mol. The number of rotatable bonds is 8. The second kappa shape index (κ2) is 10.7. The van der Waals surface area contributed by atoms with E-state index < -0.39 is 0 Å². The highest BCUT2D eigenvalue weighted by Gasteiger charge is 2.22. The summed E-state index contributed by atoms with van der Waals surface area (Å²) in [6.07, 6.45) is 0.102. The summed E-state index contributed by atoms with van der Waals surface area (Å²) in [4.78, 5) is 43.4. The van der Waals surface area contributed by atoms with Crippen LogP contribution in [0.15, 0.2) is 60.0 Å². The first-order valence-electron chi connectivity index (χ1n) is 10.3. The molecular formula is C24H26N4O3S. The number of carbonyl (C=O) groups excluding carboxylic acids is 3. The smallest absolute Gasteiger partial charge is 0.254 e. The van der Waals surface area contributed by atoms with Crippen LogP contribution in [0.4, 0.5) is 10.8 Å². The maximum Gasteiger partial charge on any atom is 0.254 e. The summed E-state index contributed by atoms with van der Waals surface area (Å²) >= 11 is 1.24. The fourth-order valence-corrected chi connectivity index (χ4v) is 3.73. The van der Waals surface area contributed by atoms with Gasteiger partial charge in [-0.2, -0.15) is 0 Å². The highest BCUT2D eigenvalue weighted by Crippen LogP contribution is 2.17. The van der Waals surface area contributed by atoms with Gasteiger partial charge in [-0.1, -0.05) is 35.9 Å². The molecule has 0 bridgehead atoms. The van der Waals surface area contributed by atoms with Gasteiger partial charge in [-0.05, 0) is 45.0 Å². The Kier molecular flexibility index (Phi) is 7.72. The molecule has 0 saturated heterocycles. The summed E-state index contributed by atoms with van der Waals surface area (Å²) in [5.74, 6) is -0.729. The fourth-order valence-electron chi connectivity index (χ4n) is 3.00. The Morgan fingerprint density at radius 2 is 1.66 bits per heavy atom. The van der Waals surface area contributed by atoms with Crippen LogP contribution in [0, 0.1) is 6.92 Å². The molecule has 2 aromatic carbocycles. The summed E-state index contributed by atoms with van der Waals surface area (Å²) in [7, 11) is 0. The van der Waals surface area contributed by atoms with Crippen molar-refractivity contribution in [3.8, 4) is 0 Å². The van der Waals surface area contributed by atoms with Crippen molar-refractivity contribution in [3.63, 3.8) is 0 Å². The lowest BCUT2D eigenvalue weighted by atomic mass is 10.1. The molecule has 3 rings (SSSR count). The molecule has 0 fully saturated rings. The lowest BCUT2D eigenvalue weighted by molar-refractivity contribution is -0.117.